The molecule has 0 atom stereocenters. The predicted molar refractivity (Wildman–Crippen MR) is 85.9 cm³/mol. The van der Waals surface area contributed by atoms with Gasteiger partial charge >= 0.3 is 0 Å². The van der Waals surface area contributed by atoms with Crippen molar-refractivity contribution >= 4 is 17.5 Å². The van der Waals surface area contributed by atoms with Crippen molar-refractivity contribution in [2.75, 3.05) is 6.61 Å². The molecule has 0 bridgehead atoms. The zero-order chi connectivity index (χ0) is 14.7. The van der Waals surface area contributed by atoms with E-state index in [-0.39, 0.29) is 5.78 Å². The van der Waals surface area contributed by atoms with Gasteiger partial charge in [-0.2, -0.15) is 0 Å². The van der Waals surface area contributed by atoms with E-state index in [1.807, 2.05) is 31.3 Å². The van der Waals surface area contributed by atoms with Gasteiger partial charge in [0.25, 0.3) is 0 Å². The Labute approximate surface area is 130 Å². The monoisotopic (exact) mass is 303 g/mol. The van der Waals surface area contributed by atoms with Crippen LogP contribution in [-0.4, -0.2) is 18.4 Å². The van der Waals surface area contributed by atoms with Gasteiger partial charge in [0.05, 0.1) is 11.5 Å². The number of Topliss-reactive ketones (excluding diaryl/α,β-unsaturated/α-hetero) is 1. The zero-order valence-corrected chi connectivity index (χ0v) is 13.2. The van der Waals surface area contributed by atoms with Gasteiger partial charge in [0.2, 0.25) is 5.78 Å². The second-order valence-electron chi connectivity index (χ2n) is 5.53. The zero-order valence-electron chi connectivity index (χ0n) is 12.4. The van der Waals surface area contributed by atoms with Crippen molar-refractivity contribution in [2.45, 2.75) is 50.0 Å². The van der Waals surface area contributed by atoms with Crippen LogP contribution in [0.5, 0.6) is 5.75 Å². The van der Waals surface area contributed by atoms with Crippen LogP contribution in [0, 0.1) is 0 Å². The Morgan fingerprint density at radius 3 is 2.90 bits per heavy atom. The van der Waals surface area contributed by atoms with Crippen LogP contribution in [-0.2, 0) is 0 Å². The fraction of sp³-hybridized carbons (Fsp3) is 0.471. The first-order valence-electron chi connectivity index (χ1n) is 7.73. The Bertz CT molecular complexity index is 562. The second kappa shape index (κ2) is 6.56. The van der Waals surface area contributed by atoms with Crippen LogP contribution in [0.3, 0.4) is 0 Å². The molecule has 112 valence electrons. The molecule has 2 aliphatic rings. The van der Waals surface area contributed by atoms with Crippen molar-refractivity contribution in [3.63, 3.8) is 0 Å². The first-order chi connectivity index (χ1) is 10.3. The third-order valence-electron chi connectivity index (χ3n) is 4.01. The van der Waals surface area contributed by atoms with Gasteiger partial charge in [0, 0.05) is 22.7 Å². The minimum absolute atomic E-state index is 0.111. The summed E-state index contributed by atoms with van der Waals surface area (Å²) in [5.41, 5.74) is 0.766. The standard InChI is InChI=1S/C17H21NO2S/c1-2-20-13-8-9-15-14(10-13)17(19)16(21-15)11-18-12-6-4-3-5-7-12/h8-12,18H,2-7H2,1H3/b16-11-. The Morgan fingerprint density at radius 1 is 1.33 bits per heavy atom. The van der Waals surface area contributed by atoms with Gasteiger partial charge < -0.3 is 10.1 Å². The van der Waals surface area contributed by atoms with Gasteiger partial charge in [-0.05, 0) is 38.0 Å². The van der Waals surface area contributed by atoms with E-state index >= 15 is 0 Å². The summed E-state index contributed by atoms with van der Waals surface area (Å²) in [5, 5.41) is 3.43. The fourth-order valence-electron chi connectivity index (χ4n) is 2.89. The lowest BCUT2D eigenvalue weighted by Crippen LogP contribution is -2.27. The fourth-order valence-corrected chi connectivity index (χ4v) is 3.85. The summed E-state index contributed by atoms with van der Waals surface area (Å²) in [6, 6.07) is 6.29. The maximum atomic E-state index is 12.4. The number of allylic oxidation sites excluding steroid dienone is 1. The van der Waals surface area contributed by atoms with Gasteiger partial charge in [-0.1, -0.05) is 31.0 Å². The molecule has 1 saturated carbocycles. The van der Waals surface area contributed by atoms with Gasteiger partial charge in [-0.15, -0.1) is 0 Å². The molecule has 1 aliphatic carbocycles. The van der Waals surface area contributed by atoms with E-state index in [1.54, 1.807) is 11.8 Å². The molecular weight excluding hydrogens is 282 g/mol. The normalized spacial score (nSPS) is 20.6. The third-order valence-corrected chi connectivity index (χ3v) is 5.10. The Kier molecular flexibility index (Phi) is 4.54. The molecular formula is C17H21NO2S. The minimum atomic E-state index is 0.111. The Hall–Kier alpha value is -1.42. The number of benzene rings is 1. The number of carbonyl (C=O) groups is 1. The molecule has 21 heavy (non-hydrogen) atoms. The van der Waals surface area contributed by atoms with Crippen LogP contribution in [0.15, 0.2) is 34.2 Å². The van der Waals surface area contributed by atoms with Gasteiger partial charge in [0.1, 0.15) is 5.75 Å². The van der Waals surface area contributed by atoms with Crippen LogP contribution in [0.25, 0.3) is 0 Å². The summed E-state index contributed by atoms with van der Waals surface area (Å²) in [4.78, 5) is 14.3. The number of thioether (sulfide) groups is 1. The van der Waals surface area contributed by atoms with Crippen LogP contribution >= 0.6 is 11.8 Å². The second-order valence-corrected chi connectivity index (χ2v) is 6.62. The molecule has 1 aromatic rings. The lowest BCUT2D eigenvalue weighted by atomic mass is 9.96. The SMILES string of the molecule is CCOc1ccc2c(c1)C(=O)/C(=C/NC1CCCCC1)S2. The summed E-state index contributed by atoms with van der Waals surface area (Å²) in [5.74, 6) is 0.881. The van der Waals surface area contributed by atoms with Gasteiger partial charge in [-0.3, -0.25) is 4.79 Å². The van der Waals surface area contributed by atoms with E-state index in [2.05, 4.69) is 5.32 Å². The average molecular weight is 303 g/mol. The molecule has 0 unspecified atom stereocenters. The predicted octanol–water partition coefficient (Wildman–Crippen LogP) is 4.14. The third kappa shape index (κ3) is 3.26. The molecule has 1 fully saturated rings. The van der Waals surface area contributed by atoms with Crippen LogP contribution < -0.4 is 10.1 Å². The largest absolute Gasteiger partial charge is 0.494 e. The summed E-state index contributed by atoms with van der Waals surface area (Å²) in [6.07, 6.45) is 8.27. The molecule has 1 aliphatic heterocycles. The van der Waals surface area contributed by atoms with E-state index in [0.29, 0.717) is 12.6 Å². The highest BCUT2D eigenvalue weighted by molar-refractivity contribution is 8.04. The average Bonchev–Trinajstić information content (AvgIpc) is 2.83. The lowest BCUT2D eigenvalue weighted by molar-refractivity contribution is 0.104. The first-order valence-corrected chi connectivity index (χ1v) is 8.55. The first kappa shape index (κ1) is 14.5. The Morgan fingerprint density at radius 2 is 2.14 bits per heavy atom. The molecule has 4 heteroatoms. The van der Waals surface area contributed by atoms with Crippen LogP contribution in [0.2, 0.25) is 0 Å². The molecule has 0 radical (unpaired) electrons. The van der Waals surface area contributed by atoms with Crippen molar-refractivity contribution < 1.29 is 9.53 Å². The highest BCUT2D eigenvalue weighted by Gasteiger charge is 2.26. The summed E-state index contributed by atoms with van der Waals surface area (Å²) < 4.78 is 5.47. The van der Waals surface area contributed by atoms with E-state index in [9.17, 15) is 4.79 Å². The smallest absolute Gasteiger partial charge is 0.202 e. The van der Waals surface area contributed by atoms with Crippen molar-refractivity contribution in [3.8, 4) is 5.75 Å². The molecule has 1 N–H and O–H groups in total. The topological polar surface area (TPSA) is 38.3 Å². The number of ether oxygens (including phenoxy) is 1. The summed E-state index contributed by atoms with van der Waals surface area (Å²) in [6.45, 7) is 2.56. The molecule has 3 rings (SSSR count). The van der Waals surface area contributed by atoms with Crippen LogP contribution in [0.1, 0.15) is 49.4 Å². The van der Waals surface area contributed by atoms with Gasteiger partial charge in [-0.25, -0.2) is 0 Å². The highest BCUT2D eigenvalue weighted by atomic mass is 32.2. The van der Waals surface area contributed by atoms with Gasteiger partial charge in [0.15, 0.2) is 0 Å². The van der Waals surface area contributed by atoms with Crippen molar-refractivity contribution in [1.82, 2.24) is 5.32 Å². The van der Waals surface area contributed by atoms with Crippen molar-refractivity contribution in [1.29, 1.82) is 0 Å². The molecule has 0 amide bonds. The van der Waals surface area contributed by atoms with E-state index in [4.69, 9.17) is 4.74 Å². The summed E-state index contributed by atoms with van der Waals surface area (Å²) in [7, 11) is 0. The van der Waals surface area contributed by atoms with E-state index in [1.165, 1.54) is 32.1 Å². The minimum Gasteiger partial charge on any atom is -0.494 e. The van der Waals surface area contributed by atoms with E-state index < -0.39 is 0 Å². The van der Waals surface area contributed by atoms with Crippen molar-refractivity contribution in [3.05, 3.63) is 34.9 Å². The number of hydrogen-bond donors (Lipinski definition) is 1. The Balaban J connectivity index is 1.70. The highest BCUT2D eigenvalue weighted by Crippen LogP contribution is 2.41. The lowest BCUT2D eigenvalue weighted by Gasteiger charge is -2.21. The number of rotatable bonds is 4. The molecule has 0 spiro atoms. The maximum absolute atomic E-state index is 12.4. The molecule has 1 aromatic carbocycles. The molecule has 0 aromatic heterocycles. The quantitative estimate of drug-likeness (QED) is 0.849. The maximum Gasteiger partial charge on any atom is 0.202 e. The number of ketones is 1. The number of fused-ring (bicyclic) bond motifs is 1. The van der Waals surface area contributed by atoms with Crippen molar-refractivity contribution in [2.24, 2.45) is 0 Å². The molecule has 1 heterocycles. The molecule has 3 nitrogen and oxygen atoms in total. The number of nitrogens with one attached hydrogen (secondary N) is 1. The summed E-state index contributed by atoms with van der Waals surface area (Å²) >= 11 is 1.55. The van der Waals surface area contributed by atoms with Crippen LogP contribution in [0.4, 0.5) is 0 Å². The number of hydrogen-bond acceptors (Lipinski definition) is 4. The molecule has 0 saturated heterocycles. The van der Waals surface area contributed by atoms with E-state index in [0.717, 1.165) is 21.1 Å². The number of carbonyl (C=O) groups excluding carboxylic acids is 1.